The highest BCUT2D eigenvalue weighted by Gasteiger charge is 2.07. The van der Waals surface area contributed by atoms with E-state index >= 15 is 0 Å². The van der Waals surface area contributed by atoms with Crippen LogP contribution >= 0.6 is 11.8 Å². The van der Waals surface area contributed by atoms with Gasteiger partial charge in [-0.2, -0.15) is 11.8 Å². The van der Waals surface area contributed by atoms with Crippen LogP contribution in [0, 0.1) is 13.8 Å². The molecule has 0 saturated carbocycles. The van der Waals surface area contributed by atoms with Crippen LogP contribution in [0.2, 0.25) is 0 Å². The highest BCUT2D eigenvalue weighted by atomic mass is 32.2. The summed E-state index contributed by atoms with van der Waals surface area (Å²) in [7, 11) is 0. The zero-order valence-corrected chi connectivity index (χ0v) is 11.8. The van der Waals surface area contributed by atoms with Gasteiger partial charge >= 0.3 is 0 Å². The Hall–Kier alpha value is -0.510. The van der Waals surface area contributed by atoms with E-state index in [1.54, 1.807) is 0 Å². The van der Waals surface area contributed by atoms with Gasteiger partial charge in [-0.15, -0.1) is 0 Å². The van der Waals surface area contributed by atoms with Crippen molar-refractivity contribution in [2.75, 3.05) is 18.6 Å². The Morgan fingerprint density at radius 3 is 2.71 bits per heavy atom. The van der Waals surface area contributed by atoms with Crippen molar-refractivity contribution in [2.24, 2.45) is 0 Å². The zero-order chi connectivity index (χ0) is 12.7. The smallest absolute Gasteiger partial charge is 0.0446 e. The van der Waals surface area contributed by atoms with Gasteiger partial charge in [-0.05, 0) is 37.7 Å². The van der Waals surface area contributed by atoms with Crippen LogP contribution in [0.5, 0.6) is 0 Å². The van der Waals surface area contributed by atoms with Crippen molar-refractivity contribution in [3.05, 3.63) is 34.9 Å². The molecule has 0 saturated heterocycles. The molecule has 17 heavy (non-hydrogen) atoms. The van der Waals surface area contributed by atoms with Gasteiger partial charge in [0.1, 0.15) is 0 Å². The number of rotatable bonds is 7. The summed E-state index contributed by atoms with van der Waals surface area (Å²) < 4.78 is 0. The Kier molecular flexibility index (Phi) is 6.63. The second-order valence-corrected chi connectivity index (χ2v) is 5.39. The van der Waals surface area contributed by atoms with Gasteiger partial charge in [-0.1, -0.05) is 23.8 Å². The summed E-state index contributed by atoms with van der Waals surface area (Å²) in [5.41, 5.74) is 3.99. The third kappa shape index (κ3) is 5.11. The minimum Gasteiger partial charge on any atom is -0.396 e. The summed E-state index contributed by atoms with van der Waals surface area (Å²) in [6, 6.07) is 6.95. The number of hydrogen-bond donors (Lipinski definition) is 2. The van der Waals surface area contributed by atoms with E-state index in [9.17, 15) is 0 Å². The number of thioether (sulfide) groups is 1. The Morgan fingerprint density at radius 2 is 2.12 bits per heavy atom. The van der Waals surface area contributed by atoms with E-state index in [4.69, 9.17) is 5.11 Å². The van der Waals surface area contributed by atoms with Crippen molar-refractivity contribution in [3.8, 4) is 0 Å². The Morgan fingerprint density at radius 1 is 1.35 bits per heavy atom. The molecule has 1 aromatic carbocycles. The highest BCUT2D eigenvalue weighted by molar-refractivity contribution is 7.98. The Balaban J connectivity index is 2.52. The Labute approximate surface area is 109 Å². The molecule has 0 radical (unpaired) electrons. The maximum absolute atomic E-state index is 9.00. The quantitative estimate of drug-likeness (QED) is 0.783. The monoisotopic (exact) mass is 253 g/mol. The topological polar surface area (TPSA) is 32.3 Å². The van der Waals surface area contributed by atoms with Crippen LogP contribution in [0.3, 0.4) is 0 Å². The van der Waals surface area contributed by atoms with Gasteiger partial charge in [0.25, 0.3) is 0 Å². The molecule has 0 aliphatic carbocycles. The molecule has 1 unspecified atom stereocenters. The number of aliphatic hydroxyl groups excluding tert-OH is 1. The average Bonchev–Trinajstić information content (AvgIpc) is 2.28. The summed E-state index contributed by atoms with van der Waals surface area (Å²) in [6.45, 7) is 5.41. The molecular weight excluding hydrogens is 230 g/mol. The number of aliphatic hydroxyl groups is 1. The van der Waals surface area contributed by atoms with E-state index in [0.29, 0.717) is 6.04 Å². The summed E-state index contributed by atoms with van der Waals surface area (Å²) >= 11 is 1.82. The summed E-state index contributed by atoms with van der Waals surface area (Å²) in [4.78, 5) is 0. The molecule has 0 fully saturated rings. The number of benzene rings is 1. The van der Waals surface area contributed by atoms with Crippen LogP contribution in [0.1, 0.15) is 23.1 Å². The van der Waals surface area contributed by atoms with Crippen LogP contribution in [-0.2, 0) is 6.54 Å². The van der Waals surface area contributed by atoms with Gasteiger partial charge in [0, 0.05) is 24.9 Å². The van der Waals surface area contributed by atoms with Crippen LogP contribution in [0.15, 0.2) is 18.2 Å². The standard InChI is InChI=1S/C14H23NOS/c1-11-4-5-13(12(2)8-11)9-15-14(6-7-16)10-17-3/h4-5,8,14-16H,6-7,9-10H2,1-3H3. The zero-order valence-electron chi connectivity index (χ0n) is 11.0. The summed E-state index contributed by atoms with van der Waals surface area (Å²) in [5.74, 6) is 1.05. The normalized spacial score (nSPS) is 12.7. The van der Waals surface area contributed by atoms with Gasteiger partial charge in [0.2, 0.25) is 0 Å². The van der Waals surface area contributed by atoms with E-state index in [1.807, 2.05) is 11.8 Å². The van der Waals surface area contributed by atoms with E-state index in [-0.39, 0.29) is 6.61 Å². The highest BCUT2D eigenvalue weighted by Crippen LogP contribution is 2.11. The van der Waals surface area contributed by atoms with E-state index in [0.717, 1.165) is 18.7 Å². The molecule has 3 heteroatoms. The van der Waals surface area contributed by atoms with Gasteiger partial charge in [0.05, 0.1) is 0 Å². The minimum absolute atomic E-state index is 0.255. The van der Waals surface area contributed by atoms with Crippen molar-refractivity contribution in [1.29, 1.82) is 0 Å². The van der Waals surface area contributed by atoms with Crippen LogP contribution in [-0.4, -0.2) is 29.8 Å². The first-order valence-electron chi connectivity index (χ1n) is 6.06. The predicted molar refractivity (Wildman–Crippen MR) is 76.6 cm³/mol. The summed E-state index contributed by atoms with van der Waals surface area (Å²) in [6.07, 6.45) is 2.93. The van der Waals surface area contributed by atoms with Crippen LogP contribution in [0.4, 0.5) is 0 Å². The SMILES string of the molecule is CSCC(CCO)NCc1ccc(C)cc1C. The third-order valence-electron chi connectivity index (χ3n) is 2.92. The van der Waals surface area contributed by atoms with Crippen molar-refractivity contribution in [1.82, 2.24) is 5.32 Å². The largest absolute Gasteiger partial charge is 0.396 e. The van der Waals surface area contributed by atoms with Crippen molar-refractivity contribution in [2.45, 2.75) is 32.9 Å². The average molecular weight is 253 g/mol. The second-order valence-electron chi connectivity index (χ2n) is 4.48. The molecular formula is C14H23NOS. The van der Waals surface area contributed by atoms with Crippen LogP contribution < -0.4 is 5.32 Å². The number of aryl methyl sites for hydroxylation is 2. The molecule has 96 valence electrons. The molecule has 0 aliphatic rings. The second kappa shape index (κ2) is 7.75. The minimum atomic E-state index is 0.255. The lowest BCUT2D eigenvalue weighted by Crippen LogP contribution is -2.32. The van der Waals surface area contributed by atoms with Gasteiger partial charge in [0.15, 0.2) is 0 Å². The van der Waals surface area contributed by atoms with E-state index < -0.39 is 0 Å². The van der Waals surface area contributed by atoms with E-state index in [2.05, 4.69) is 43.6 Å². The first kappa shape index (κ1) is 14.6. The fourth-order valence-corrected chi connectivity index (χ4v) is 2.59. The summed E-state index contributed by atoms with van der Waals surface area (Å²) in [5, 5.41) is 12.5. The lowest BCUT2D eigenvalue weighted by Gasteiger charge is -2.17. The van der Waals surface area contributed by atoms with Crippen molar-refractivity contribution >= 4 is 11.8 Å². The van der Waals surface area contributed by atoms with Gasteiger partial charge in [-0.25, -0.2) is 0 Å². The molecule has 0 aromatic heterocycles. The fraction of sp³-hybridized carbons (Fsp3) is 0.571. The van der Waals surface area contributed by atoms with Gasteiger partial charge < -0.3 is 10.4 Å². The molecule has 2 N–H and O–H groups in total. The van der Waals surface area contributed by atoms with E-state index in [1.165, 1.54) is 16.7 Å². The molecule has 0 aliphatic heterocycles. The molecule has 1 rings (SSSR count). The molecule has 0 heterocycles. The van der Waals surface area contributed by atoms with Gasteiger partial charge in [-0.3, -0.25) is 0 Å². The molecule has 0 bridgehead atoms. The molecule has 0 amide bonds. The van der Waals surface area contributed by atoms with Crippen molar-refractivity contribution in [3.63, 3.8) is 0 Å². The van der Waals surface area contributed by atoms with Crippen molar-refractivity contribution < 1.29 is 5.11 Å². The Bertz CT molecular complexity index is 335. The lowest BCUT2D eigenvalue weighted by atomic mass is 10.1. The van der Waals surface area contributed by atoms with Crippen LogP contribution in [0.25, 0.3) is 0 Å². The predicted octanol–water partition coefficient (Wildman–Crippen LogP) is 2.51. The molecule has 2 nitrogen and oxygen atoms in total. The first-order chi connectivity index (χ1) is 8.17. The maximum atomic E-state index is 9.00. The number of hydrogen-bond acceptors (Lipinski definition) is 3. The third-order valence-corrected chi connectivity index (χ3v) is 3.66. The number of nitrogens with one attached hydrogen (secondary N) is 1. The maximum Gasteiger partial charge on any atom is 0.0446 e. The first-order valence-corrected chi connectivity index (χ1v) is 7.46. The molecule has 0 spiro atoms. The molecule has 1 atom stereocenters. The molecule has 1 aromatic rings. The fourth-order valence-electron chi connectivity index (χ4n) is 1.90. The lowest BCUT2D eigenvalue weighted by molar-refractivity contribution is 0.269.